The van der Waals surface area contributed by atoms with Gasteiger partial charge in [-0.05, 0) is 37.6 Å². The van der Waals surface area contributed by atoms with Gasteiger partial charge in [-0.25, -0.2) is 0 Å². The Bertz CT molecular complexity index is 483. The van der Waals surface area contributed by atoms with Crippen LogP contribution >= 0.6 is 0 Å². The van der Waals surface area contributed by atoms with Gasteiger partial charge in [-0.15, -0.1) is 0 Å². The zero-order valence-corrected chi connectivity index (χ0v) is 13.5. The quantitative estimate of drug-likeness (QED) is 0.872. The molecule has 5 heteroatoms. The number of nitrogens with zero attached hydrogens (tertiary/aromatic N) is 2. The Kier molecular flexibility index (Phi) is 6.21. The molecule has 5 nitrogen and oxygen atoms in total. The molecule has 1 aromatic carbocycles. The maximum absolute atomic E-state index is 12.0. The highest BCUT2D eigenvalue weighted by atomic mass is 16.2. The molecule has 1 atom stereocenters. The topological polar surface area (TPSA) is 52.7 Å². The van der Waals surface area contributed by atoms with E-state index in [1.54, 1.807) is 0 Å². The maximum Gasteiger partial charge on any atom is 0.240 e. The predicted octanol–water partition coefficient (Wildman–Crippen LogP) is 2.02. The Labute approximate surface area is 126 Å². The molecule has 0 saturated heterocycles. The number of anilines is 2. The molecule has 1 rings (SSSR count). The number of benzene rings is 1. The van der Waals surface area contributed by atoms with Crippen LogP contribution in [0.25, 0.3) is 0 Å². The van der Waals surface area contributed by atoms with Crippen molar-refractivity contribution in [2.75, 3.05) is 30.4 Å². The van der Waals surface area contributed by atoms with Crippen LogP contribution in [-0.2, 0) is 9.59 Å². The Morgan fingerprint density at radius 3 is 2.10 bits per heavy atom. The smallest absolute Gasteiger partial charge is 0.240 e. The van der Waals surface area contributed by atoms with Crippen LogP contribution in [0.4, 0.5) is 11.4 Å². The Morgan fingerprint density at radius 1 is 1.14 bits per heavy atom. The van der Waals surface area contributed by atoms with E-state index in [9.17, 15) is 9.59 Å². The molecule has 0 bridgehead atoms. The summed E-state index contributed by atoms with van der Waals surface area (Å²) in [7, 11) is 3.91. The van der Waals surface area contributed by atoms with Crippen LogP contribution < -0.4 is 15.1 Å². The van der Waals surface area contributed by atoms with E-state index in [0.29, 0.717) is 0 Å². The lowest BCUT2D eigenvalue weighted by Gasteiger charge is -2.23. The molecule has 0 aliphatic carbocycles. The normalized spacial score (nSPS) is 11.7. The maximum atomic E-state index is 12.0. The van der Waals surface area contributed by atoms with E-state index in [1.807, 2.05) is 57.1 Å². The summed E-state index contributed by atoms with van der Waals surface area (Å²) in [5.74, 6) is -0.289. The summed E-state index contributed by atoms with van der Waals surface area (Å²) >= 11 is 0. The van der Waals surface area contributed by atoms with Crippen molar-refractivity contribution >= 4 is 23.2 Å². The molecule has 1 N–H and O–H groups in total. The van der Waals surface area contributed by atoms with Gasteiger partial charge in [0, 0.05) is 38.4 Å². The Hall–Kier alpha value is -2.04. The van der Waals surface area contributed by atoms with Gasteiger partial charge in [0.25, 0.3) is 0 Å². The number of carbonyl (C=O) groups excluding carboxylic acids is 2. The third-order valence-corrected chi connectivity index (χ3v) is 3.38. The molecule has 0 spiro atoms. The summed E-state index contributed by atoms with van der Waals surface area (Å²) in [4.78, 5) is 27.2. The van der Waals surface area contributed by atoms with Gasteiger partial charge < -0.3 is 15.1 Å². The number of rotatable bonds is 6. The van der Waals surface area contributed by atoms with Gasteiger partial charge in [0.05, 0.1) is 0 Å². The lowest BCUT2D eigenvalue weighted by Crippen LogP contribution is -2.42. The second-order valence-electron chi connectivity index (χ2n) is 5.39. The Balaban J connectivity index is 2.82. The van der Waals surface area contributed by atoms with E-state index < -0.39 is 0 Å². The molecule has 21 heavy (non-hydrogen) atoms. The van der Waals surface area contributed by atoms with E-state index in [4.69, 9.17) is 0 Å². The molecule has 0 aliphatic rings. The van der Waals surface area contributed by atoms with Crippen LogP contribution in [-0.4, -0.2) is 38.5 Å². The highest BCUT2D eigenvalue weighted by Crippen LogP contribution is 2.19. The van der Waals surface area contributed by atoms with Crippen molar-refractivity contribution in [2.24, 2.45) is 0 Å². The highest BCUT2D eigenvalue weighted by molar-refractivity contribution is 5.97. The second-order valence-corrected chi connectivity index (χ2v) is 5.39. The third-order valence-electron chi connectivity index (χ3n) is 3.38. The molecule has 0 fully saturated rings. The zero-order chi connectivity index (χ0) is 16.0. The summed E-state index contributed by atoms with van der Waals surface area (Å²) in [6, 6.07) is 7.68. The number of carbonyl (C=O) groups is 2. The summed E-state index contributed by atoms with van der Waals surface area (Å²) in [6.07, 6.45) is 0.864. The van der Waals surface area contributed by atoms with Gasteiger partial charge in [-0.1, -0.05) is 6.92 Å². The van der Waals surface area contributed by atoms with E-state index in [0.717, 1.165) is 17.8 Å². The van der Waals surface area contributed by atoms with Crippen molar-refractivity contribution in [3.63, 3.8) is 0 Å². The molecular formula is C16H25N3O2. The van der Waals surface area contributed by atoms with E-state index in [1.165, 1.54) is 11.8 Å². The van der Waals surface area contributed by atoms with Crippen molar-refractivity contribution in [1.29, 1.82) is 0 Å². The average Bonchev–Trinajstić information content (AvgIpc) is 2.44. The van der Waals surface area contributed by atoms with Crippen molar-refractivity contribution in [3.8, 4) is 0 Å². The summed E-state index contributed by atoms with van der Waals surface area (Å²) in [5, 5.41) is 2.87. The lowest BCUT2D eigenvalue weighted by atomic mass is 10.2. The fourth-order valence-corrected chi connectivity index (χ4v) is 1.88. The molecule has 1 unspecified atom stereocenters. The van der Waals surface area contributed by atoms with Gasteiger partial charge in [0.1, 0.15) is 6.54 Å². The third kappa shape index (κ3) is 5.10. The van der Waals surface area contributed by atoms with Gasteiger partial charge in [0.15, 0.2) is 0 Å². The van der Waals surface area contributed by atoms with Gasteiger partial charge >= 0.3 is 0 Å². The summed E-state index contributed by atoms with van der Waals surface area (Å²) in [5.41, 5.74) is 1.78. The second kappa shape index (κ2) is 7.67. The molecule has 116 valence electrons. The standard InChI is InChI=1S/C16H25N3O2/c1-6-12(2)17-16(21)11-19(13(3)20)15-9-7-14(8-10-15)18(4)5/h7-10,12H,6,11H2,1-5H3,(H,17,21). The molecule has 0 aromatic heterocycles. The lowest BCUT2D eigenvalue weighted by molar-refractivity contribution is -0.123. The van der Waals surface area contributed by atoms with Crippen LogP contribution in [0.1, 0.15) is 27.2 Å². The molecule has 1 aromatic rings. The average molecular weight is 291 g/mol. The first-order chi connectivity index (χ1) is 9.85. The summed E-state index contributed by atoms with van der Waals surface area (Å²) < 4.78 is 0. The highest BCUT2D eigenvalue weighted by Gasteiger charge is 2.16. The van der Waals surface area contributed by atoms with Crippen LogP contribution in [0.2, 0.25) is 0 Å². The number of amides is 2. The minimum absolute atomic E-state index is 0.0426. The van der Waals surface area contributed by atoms with Gasteiger partial charge in [0.2, 0.25) is 11.8 Å². The van der Waals surface area contributed by atoms with Crippen LogP contribution in [0.3, 0.4) is 0 Å². The van der Waals surface area contributed by atoms with Crippen molar-refractivity contribution in [2.45, 2.75) is 33.2 Å². The van der Waals surface area contributed by atoms with Crippen LogP contribution in [0, 0.1) is 0 Å². The first-order valence-electron chi connectivity index (χ1n) is 7.20. The molecular weight excluding hydrogens is 266 g/mol. The van der Waals surface area contributed by atoms with Crippen molar-refractivity contribution < 1.29 is 9.59 Å². The van der Waals surface area contributed by atoms with Gasteiger partial charge in [-0.3, -0.25) is 9.59 Å². The zero-order valence-electron chi connectivity index (χ0n) is 13.5. The van der Waals surface area contributed by atoms with Crippen molar-refractivity contribution in [1.82, 2.24) is 5.32 Å². The monoisotopic (exact) mass is 291 g/mol. The number of hydrogen-bond donors (Lipinski definition) is 1. The molecule has 2 amide bonds. The first kappa shape index (κ1) is 17.0. The molecule has 0 heterocycles. The van der Waals surface area contributed by atoms with E-state index in [-0.39, 0.29) is 24.4 Å². The fraction of sp³-hybridized carbons (Fsp3) is 0.500. The van der Waals surface area contributed by atoms with Crippen LogP contribution in [0.5, 0.6) is 0 Å². The van der Waals surface area contributed by atoms with Crippen molar-refractivity contribution in [3.05, 3.63) is 24.3 Å². The minimum atomic E-state index is -0.146. The largest absolute Gasteiger partial charge is 0.378 e. The fourth-order valence-electron chi connectivity index (χ4n) is 1.88. The minimum Gasteiger partial charge on any atom is -0.378 e. The predicted molar refractivity (Wildman–Crippen MR) is 86.7 cm³/mol. The number of nitrogens with one attached hydrogen (secondary N) is 1. The van der Waals surface area contributed by atoms with Gasteiger partial charge in [-0.2, -0.15) is 0 Å². The molecule has 0 radical (unpaired) electrons. The summed E-state index contributed by atoms with van der Waals surface area (Å²) in [6.45, 7) is 5.47. The van der Waals surface area contributed by atoms with E-state index >= 15 is 0 Å². The molecule has 0 aliphatic heterocycles. The molecule has 0 saturated carbocycles. The van der Waals surface area contributed by atoms with Crippen LogP contribution in [0.15, 0.2) is 24.3 Å². The first-order valence-corrected chi connectivity index (χ1v) is 7.20. The number of hydrogen-bond acceptors (Lipinski definition) is 3. The Morgan fingerprint density at radius 2 is 1.67 bits per heavy atom. The van der Waals surface area contributed by atoms with E-state index in [2.05, 4.69) is 5.32 Å². The SMILES string of the molecule is CCC(C)NC(=O)CN(C(C)=O)c1ccc(N(C)C)cc1.